The Morgan fingerprint density at radius 1 is 1.29 bits per heavy atom. The molecule has 3 atom stereocenters. The highest BCUT2D eigenvalue weighted by Crippen LogP contribution is 2.37. The number of halogens is 4. The van der Waals surface area contributed by atoms with Crippen molar-refractivity contribution in [3.63, 3.8) is 0 Å². The maximum atomic E-state index is 14.9. The van der Waals surface area contributed by atoms with Gasteiger partial charge in [-0.2, -0.15) is 18.4 Å². The van der Waals surface area contributed by atoms with Gasteiger partial charge in [0.05, 0.1) is 23.7 Å². The number of pyridine rings is 1. The van der Waals surface area contributed by atoms with E-state index >= 15 is 0 Å². The molecule has 1 heterocycles. The first-order valence-corrected chi connectivity index (χ1v) is 11.4. The SMILES string of the molecule is CCNC(c1ccc(NC(=N)c2c(N[C@@]3(CC#N)CCCC[C@H]3F)cc[nH]c2=O)cc1)C(F)(F)F. The Kier molecular flexibility index (Phi) is 8.17. The summed E-state index contributed by atoms with van der Waals surface area (Å²) in [5.74, 6) is -0.320. The zero-order valence-electron chi connectivity index (χ0n) is 19.2. The van der Waals surface area contributed by atoms with Crippen LogP contribution in [0.25, 0.3) is 0 Å². The van der Waals surface area contributed by atoms with Crippen LogP contribution < -0.4 is 21.5 Å². The summed E-state index contributed by atoms with van der Waals surface area (Å²) in [7, 11) is 0. The van der Waals surface area contributed by atoms with E-state index in [1.54, 1.807) is 6.92 Å². The highest BCUT2D eigenvalue weighted by Gasteiger charge is 2.42. The van der Waals surface area contributed by atoms with Gasteiger partial charge >= 0.3 is 6.18 Å². The fourth-order valence-electron chi connectivity index (χ4n) is 4.41. The number of aromatic nitrogens is 1. The van der Waals surface area contributed by atoms with E-state index in [0.717, 1.165) is 6.42 Å². The van der Waals surface area contributed by atoms with Gasteiger partial charge in [0, 0.05) is 11.9 Å². The monoisotopic (exact) mass is 492 g/mol. The van der Waals surface area contributed by atoms with Crippen molar-refractivity contribution in [2.45, 2.75) is 63.0 Å². The van der Waals surface area contributed by atoms with E-state index in [1.807, 2.05) is 6.07 Å². The van der Waals surface area contributed by atoms with Gasteiger partial charge < -0.3 is 20.9 Å². The average Bonchev–Trinajstić information content (AvgIpc) is 2.79. The first-order valence-electron chi connectivity index (χ1n) is 11.4. The van der Waals surface area contributed by atoms with E-state index in [9.17, 15) is 27.6 Å². The highest BCUT2D eigenvalue weighted by molar-refractivity contribution is 6.09. The predicted molar refractivity (Wildman–Crippen MR) is 126 cm³/mol. The molecule has 1 aliphatic rings. The topological polar surface area (TPSA) is 117 Å². The van der Waals surface area contributed by atoms with Gasteiger partial charge in [0.1, 0.15) is 23.6 Å². The molecule has 1 saturated carbocycles. The lowest BCUT2D eigenvalue weighted by atomic mass is 9.77. The van der Waals surface area contributed by atoms with Crippen LogP contribution in [-0.4, -0.2) is 35.3 Å². The van der Waals surface area contributed by atoms with Gasteiger partial charge in [-0.3, -0.25) is 10.2 Å². The van der Waals surface area contributed by atoms with Crippen LogP contribution in [0.3, 0.4) is 0 Å². The summed E-state index contributed by atoms with van der Waals surface area (Å²) in [4.78, 5) is 15.1. The summed E-state index contributed by atoms with van der Waals surface area (Å²) in [5, 5.41) is 25.9. The summed E-state index contributed by atoms with van der Waals surface area (Å²) < 4.78 is 54.9. The lowest BCUT2D eigenvalue weighted by Crippen LogP contribution is -2.49. The number of nitrogens with one attached hydrogen (secondary N) is 5. The van der Waals surface area contributed by atoms with Crippen molar-refractivity contribution < 1.29 is 17.6 Å². The fourth-order valence-corrected chi connectivity index (χ4v) is 4.41. The van der Waals surface area contributed by atoms with Crippen molar-refractivity contribution in [2.24, 2.45) is 0 Å². The molecule has 188 valence electrons. The molecule has 0 spiro atoms. The van der Waals surface area contributed by atoms with Crippen LogP contribution in [0.15, 0.2) is 41.3 Å². The lowest BCUT2D eigenvalue weighted by Gasteiger charge is -2.40. The van der Waals surface area contributed by atoms with Gasteiger partial charge in [-0.25, -0.2) is 4.39 Å². The third kappa shape index (κ3) is 6.00. The maximum absolute atomic E-state index is 14.9. The third-order valence-corrected chi connectivity index (χ3v) is 6.17. The summed E-state index contributed by atoms with van der Waals surface area (Å²) in [5.41, 5.74) is -1.35. The number of aromatic amines is 1. The molecule has 11 heteroatoms. The first-order chi connectivity index (χ1) is 16.6. The van der Waals surface area contributed by atoms with Gasteiger partial charge in [-0.05, 0) is 43.1 Å². The number of amidine groups is 1. The van der Waals surface area contributed by atoms with Crippen molar-refractivity contribution in [3.05, 3.63) is 58.0 Å². The summed E-state index contributed by atoms with van der Waals surface area (Å²) in [6, 6.07) is 7.07. The van der Waals surface area contributed by atoms with Crippen LogP contribution in [0.2, 0.25) is 0 Å². The van der Waals surface area contributed by atoms with Crippen molar-refractivity contribution >= 4 is 17.2 Å². The van der Waals surface area contributed by atoms with Gasteiger partial charge in [0.15, 0.2) is 0 Å². The number of benzene rings is 1. The van der Waals surface area contributed by atoms with Crippen LogP contribution >= 0.6 is 0 Å². The van der Waals surface area contributed by atoms with Crippen molar-refractivity contribution in [1.29, 1.82) is 10.7 Å². The standard InChI is InChI=1S/C24H28F4N6O/c1-2-31-20(24(26,27)28)15-6-8-16(9-7-15)33-21(30)19-17(10-14-32-22(19)35)34-23(12-13-29)11-4-3-5-18(23)25/h6-10,14,18,20,31H,2-5,11-12H2,1H3,(H2,30,33)(H2,32,34,35)/t18-,20?,23-/m1/s1. The smallest absolute Gasteiger partial charge is 0.375 e. The molecule has 0 bridgehead atoms. The third-order valence-electron chi connectivity index (χ3n) is 6.17. The molecule has 0 radical (unpaired) electrons. The quantitative estimate of drug-likeness (QED) is 0.202. The molecule has 1 fully saturated rings. The minimum Gasteiger partial charge on any atom is -0.375 e. The number of rotatable bonds is 8. The number of H-pyrrole nitrogens is 1. The summed E-state index contributed by atoms with van der Waals surface area (Å²) >= 11 is 0. The molecule has 1 unspecified atom stereocenters. The minimum absolute atomic E-state index is 0.0149. The zero-order chi connectivity index (χ0) is 25.6. The van der Waals surface area contributed by atoms with Crippen LogP contribution in [0.4, 0.5) is 28.9 Å². The van der Waals surface area contributed by atoms with Crippen molar-refractivity contribution in [3.8, 4) is 6.07 Å². The molecule has 1 aromatic heterocycles. The molecule has 0 saturated heterocycles. The molecule has 5 N–H and O–H groups in total. The van der Waals surface area contributed by atoms with Crippen molar-refractivity contribution in [2.75, 3.05) is 17.2 Å². The molecular formula is C24H28F4N6O. The van der Waals surface area contributed by atoms with Crippen LogP contribution in [0.5, 0.6) is 0 Å². The highest BCUT2D eigenvalue weighted by atomic mass is 19.4. The second kappa shape index (κ2) is 10.9. The second-order valence-corrected chi connectivity index (χ2v) is 8.58. The van der Waals surface area contributed by atoms with Gasteiger partial charge in [-0.1, -0.05) is 31.9 Å². The Labute approximate surface area is 200 Å². The molecule has 0 amide bonds. The molecule has 35 heavy (non-hydrogen) atoms. The number of hydrogen-bond acceptors (Lipinski definition) is 5. The molecular weight excluding hydrogens is 464 g/mol. The molecule has 1 aliphatic carbocycles. The van der Waals surface area contributed by atoms with Crippen LogP contribution in [0, 0.1) is 16.7 Å². The Balaban J connectivity index is 1.86. The number of nitriles is 1. The summed E-state index contributed by atoms with van der Waals surface area (Å²) in [6.07, 6.45) is -2.38. The van der Waals surface area contributed by atoms with Crippen LogP contribution in [-0.2, 0) is 0 Å². The van der Waals surface area contributed by atoms with Crippen LogP contribution in [0.1, 0.15) is 56.2 Å². The van der Waals surface area contributed by atoms with Gasteiger partial charge in [0.25, 0.3) is 5.56 Å². The Morgan fingerprint density at radius 2 is 2.00 bits per heavy atom. The molecule has 1 aromatic carbocycles. The number of alkyl halides is 4. The Hall–Kier alpha value is -3.39. The molecule has 7 nitrogen and oxygen atoms in total. The van der Waals surface area contributed by atoms with E-state index in [2.05, 4.69) is 20.9 Å². The fraction of sp³-hybridized carbons (Fsp3) is 0.458. The molecule has 2 aromatic rings. The Bertz CT molecular complexity index is 1120. The Morgan fingerprint density at radius 3 is 2.60 bits per heavy atom. The van der Waals surface area contributed by atoms with Crippen molar-refractivity contribution in [1.82, 2.24) is 10.3 Å². The summed E-state index contributed by atoms with van der Waals surface area (Å²) in [6.45, 7) is 1.71. The van der Waals surface area contributed by atoms with E-state index in [0.29, 0.717) is 24.9 Å². The minimum atomic E-state index is -4.47. The average molecular weight is 493 g/mol. The number of hydrogen-bond donors (Lipinski definition) is 5. The van der Waals surface area contributed by atoms with Gasteiger partial charge in [0.2, 0.25) is 0 Å². The van der Waals surface area contributed by atoms with E-state index in [-0.39, 0.29) is 35.6 Å². The van der Waals surface area contributed by atoms with Gasteiger partial charge in [-0.15, -0.1) is 0 Å². The zero-order valence-corrected chi connectivity index (χ0v) is 19.2. The molecule has 0 aliphatic heterocycles. The van der Waals surface area contributed by atoms with E-state index in [1.165, 1.54) is 36.5 Å². The number of nitrogens with zero attached hydrogens (tertiary/aromatic N) is 1. The van der Waals surface area contributed by atoms with E-state index in [4.69, 9.17) is 5.41 Å². The lowest BCUT2D eigenvalue weighted by molar-refractivity contribution is -0.157. The second-order valence-electron chi connectivity index (χ2n) is 8.58. The molecule has 3 rings (SSSR count). The largest absolute Gasteiger partial charge is 0.407 e. The normalized spacial score (nSPS) is 21.1. The predicted octanol–water partition coefficient (Wildman–Crippen LogP) is 5.00. The first kappa shape index (κ1) is 26.2. The number of anilines is 2. The maximum Gasteiger partial charge on any atom is 0.407 e. The van der Waals surface area contributed by atoms with E-state index < -0.39 is 29.5 Å².